The van der Waals surface area contributed by atoms with Crippen molar-refractivity contribution in [2.24, 2.45) is 11.8 Å². The van der Waals surface area contributed by atoms with Gasteiger partial charge in [0.25, 0.3) is 5.91 Å². The zero-order valence-corrected chi connectivity index (χ0v) is 24.1. The van der Waals surface area contributed by atoms with E-state index in [4.69, 9.17) is 11.6 Å². The molecular formula is C31H34ClN3O4S. The number of anilines is 1. The Labute approximate surface area is 244 Å². The summed E-state index contributed by atoms with van der Waals surface area (Å²) in [6, 6.07) is 14.7. The minimum atomic E-state index is -0.906. The second-order valence-corrected chi connectivity index (χ2v) is 12.6. The summed E-state index contributed by atoms with van der Waals surface area (Å²) in [7, 11) is 1.72. The number of para-hydroxylation sites is 1. The fraction of sp³-hybridized carbons (Fsp3) is 0.387. The number of carbonyl (C=O) groups is 3. The molecule has 0 aromatic heterocycles. The lowest BCUT2D eigenvalue weighted by Crippen LogP contribution is -2.56. The van der Waals surface area contributed by atoms with Gasteiger partial charge >= 0.3 is 0 Å². The first-order chi connectivity index (χ1) is 19.3. The van der Waals surface area contributed by atoms with Crippen LogP contribution in [0.1, 0.15) is 24.4 Å². The summed E-state index contributed by atoms with van der Waals surface area (Å²) in [6.07, 6.45) is 4.65. The number of amides is 3. The number of aliphatic hydroxyl groups excluding tert-OH is 1. The standard InChI is InChI=1S/C31H34ClN3O4S/c1-4-17-33(3)28(37)25-24-15-16-31(40-24)26(25)29(38)35(23(19-36)20-11-7-6-8-12-20)27(31)30(39)34(18-5-2)22-14-10-9-13-21(22)32/h4-14,23-27,36H,1-2,15-19H2,3H3/t23-,24+,25-,26+,27?,31?/m1/s1. The highest BCUT2D eigenvalue weighted by atomic mass is 35.5. The number of hydrogen-bond donors (Lipinski definition) is 1. The number of carbonyl (C=O) groups excluding carboxylic acids is 3. The Morgan fingerprint density at radius 3 is 2.45 bits per heavy atom. The van der Waals surface area contributed by atoms with Crippen molar-refractivity contribution in [3.8, 4) is 0 Å². The van der Waals surface area contributed by atoms with E-state index < -0.39 is 28.7 Å². The van der Waals surface area contributed by atoms with E-state index in [1.165, 1.54) is 0 Å². The average molecular weight is 580 g/mol. The molecular weight excluding hydrogens is 546 g/mol. The molecule has 3 aliphatic rings. The second kappa shape index (κ2) is 11.4. The summed E-state index contributed by atoms with van der Waals surface area (Å²) in [5.41, 5.74) is 1.25. The topological polar surface area (TPSA) is 81.2 Å². The van der Waals surface area contributed by atoms with Crippen LogP contribution in [-0.4, -0.2) is 75.4 Å². The van der Waals surface area contributed by atoms with Gasteiger partial charge in [-0.05, 0) is 30.5 Å². The summed E-state index contributed by atoms with van der Waals surface area (Å²) in [6.45, 7) is 7.81. The number of hydrogen-bond acceptors (Lipinski definition) is 5. The summed E-state index contributed by atoms with van der Waals surface area (Å²) in [5, 5.41) is 11.0. The first kappa shape index (κ1) is 28.5. The molecule has 1 N–H and O–H groups in total. The Balaban J connectivity index is 1.65. The van der Waals surface area contributed by atoms with Crippen LogP contribution in [0.25, 0.3) is 0 Å². The Morgan fingerprint density at radius 1 is 1.12 bits per heavy atom. The van der Waals surface area contributed by atoms with Gasteiger partial charge in [-0.15, -0.1) is 24.9 Å². The fourth-order valence-corrected chi connectivity index (χ4v) is 9.24. The van der Waals surface area contributed by atoms with E-state index in [1.807, 2.05) is 36.4 Å². The highest BCUT2D eigenvalue weighted by Crippen LogP contribution is 2.67. The van der Waals surface area contributed by atoms with Crippen molar-refractivity contribution in [3.63, 3.8) is 0 Å². The largest absolute Gasteiger partial charge is 0.394 e. The van der Waals surface area contributed by atoms with Crippen molar-refractivity contribution in [1.82, 2.24) is 9.80 Å². The van der Waals surface area contributed by atoms with Crippen molar-refractivity contribution in [2.45, 2.75) is 34.9 Å². The Bertz CT molecular complexity index is 1320. The minimum Gasteiger partial charge on any atom is -0.394 e. The molecule has 3 aliphatic heterocycles. The first-order valence-electron chi connectivity index (χ1n) is 13.5. The predicted octanol–water partition coefficient (Wildman–Crippen LogP) is 4.33. The van der Waals surface area contributed by atoms with Crippen LogP contribution in [0, 0.1) is 11.8 Å². The molecule has 40 heavy (non-hydrogen) atoms. The third-order valence-corrected chi connectivity index (χ3v) is 10.7. The van der Waals surface area contributed by atoms with Gasteiger partial charge in [-0.2, -0.15) is 0 Å². The van der Waals surface area contributed by atoms with E-state index in [9.17, 15) is 19.5 Å². The zero-order valence-electron chi connectivity index (χ0n) is 22.5. The lowest BCUT2D eigenvalue weighted by atomic mass is 9.70. The molecule has 0 radical (unpaired) electrons. The number of aliphatic hydroxyl groups is 1. The highest BCUT2D eigenvalue weighted by molar-refractivity contribution is 8.02. The molecule has 3 amide bonds. The average Bonchev–Trinajstić information content (AvgIpc) is 3.60. The van der Waals surface area contributed by atoms with Gasteiger partial charge in [-0.3, -0.25) is 14.4 Å². The summed E-state index contributed by atoms with van der Waals surface area (Å²) >= 11 is 8.16. The molecule has 3 saturated heterocycles. The maximum atomic E-state index is 14.8. The number of likely N-dealkylation sites (tertiary alicyclic amines) is 1. The van der Waals surface area contributed by atoms with E-state index in [0.29, 0.717) is 23.7 Å². The normalized spacial score (nSPS) is 27.3. The lowest BCUT2D eigenvalue weighted by molar-refractivity contribution is -0.145. The highest BCUT2D eigenvalue weighted by Gasteiger charge is 2.74. The van der Waals surface area contributed by atoms with E-state index in [1.54, 1.807) is 63.9 Å². The van der Waals surface area contributed by atoms with Gasteiger partial charge in [-0.25, -0.2) is 0 Å². The third-order valence-electron chi connectivity index (χ3n) is 8.45. The van der Waals surface area contributed by atoms with Crippen molar-refractivity contribution < 1.29 is 19.5 Å². The van der Waals surface area contributed by atoms with Crippen LogP contribution in [0.2, 0.25) is 5.02 Å². The molecule has 2 bridgehead atoms. The van der Waals surface area contributed by atoms with Gasteiger partial charge in [-0.1, -0.05) is 66.2 Å². The lowest BCUT2D eigenvalue weighted by Gasteiger charge is -2.40. The molecule has 210 valence electrons. The number of rotatable bonds is 10. The first-order valence-corrected chi connectivity index (χ1v) is 14.7. The smallest absolute Gasteiger partial charge is 0.251 e. The number of thioether (sulfide) groups is 1. The van der Waals surface area contributed by atoms with Crippen molar-refractivity contribution in [1.29, 1.82) is 0 Å². The van der Waals surface area contributed by atoms with E-state index in [2.05, 4.69) is 13.2 Å². The van der Waals surface area contributed by atoms with Gasteiger partial charge in [0.15, 0.2) is 0 Å². The van der Waals surface area contributed by atoms with Crippen LogP contribution in [0.4, 0.5) is 5.69 Å². The molecule has 0 saturated carbocycles. The minimum absolute atomic E-state index is 0.0661. The number of nitrogens with zero attached hydrogens (tertiary/aromatic N) is 3. The number of fused-ring (bicyclic) bond motifs is 1. The van der Waals surface area contributed by atoms with Gasteiger partial charge in [0.05, 0.1) is 39.9 Å². The van der Waals surface area contributed by atoms with E-state index in [-0.39, 0.29) is 36.1 Å². The zero-order chi connectivity index (χ0) is 28.6. The predicted molar refractivity (Wildman–Crippen MR) is 159 cm³/mol. The van der Waals surface area contributed by atoms with E-state index in [0.717, 1.165) is 12.0 Å². The molecule has 2 unspecified atom stereocenters. The van der Waals surface area contributed by atoms with Crippen LogP contribution in [-0.2, 0) is 14.4 Å². The number of halogens is 1. The molecule has 2 aromatic rings. The second-order valence-electron chi connectivity index (χ2n) is 10.6. The third kappa shape index (κ3) is 4.46. The van der Waals surface area contributed by atoms with Crippen molar-refractivity contribution in [3.05, 3.63) is 90.5 Å². The summed E-state index contributed by atoms with van der Waals surface area (Å²) < 4.78 is -0.808. The molecule has 6 atom stereocenters. The molecule has 0 aliphatic carbocycles. The van der Waals surface area contributed by atoms with Gasteiger partial charge in [0, 0.05) is 25.4 Å². The maximum Gasteiger partial charge on any atom is 0.251 e. The monoisotopic (exact) mass is 579 g/mol. The molecule has 1 spiro atoms. The van der Waals surface area contributed by atoms with Crippen molar-refractivity contribution >= 4 is 46.8 Å². The SMILES string of the molecule is C=CCN(C)C(=O)[C@@H]1[C@@H]2CCC3(S2)C(C(=O)N(CC=C)c2ccccc2Cl)N([C@H](CO)c2ccccc2)C(=O)[C@H]13. The van der Waals surface area contributed by atoms with Crippen LogP contribution in [0.15, 0.2) is 79.9 Å². The molecule has 3 heterocycles. The van der Waals surface area contributed by atoms with Crippen LogP contribution >= 0.6 is 23.4 Å². The maximum absolute atomic E-state index is 14.8. The molecule has 3 fully saturated rings. The molecule has 5 rings (SSSR count). The molecule has 9 heteroatoms. The van der Waals surface area contributed by atoms with Crippen LogP contribution in [0.3, 0.4) is 0 Å². The van der Waals surface area contributed by atoms with Gasteiger partial charge in [0.2, 0.25) is 11.8 Å². The van der Waals surface area contributed by atoms with Crippen molar-refractivity contribution in [2.75, 3.05) is 31.6 Å². The fourth-order valence-electron chi connectivity index (χ4n) is 6.81. The van der Waals surface area contributed by atoms with Crippen LogP contribution in [0.5, 0.6) is 0 Å². The Kier molecular flexibility index (Phi) is 8.13. The Hall–Kier alpha value is -3.07. The number of benzene rings is 2. The quantitative estimate of drug-likeness (QED) is 0.424. The molecule has 2 aromatic carbocycles. The summed E-state index contributed by atoms with van der Waals surface area (Å²) in [4.78, 5) is 47.8. The van der Waals surface area contributed by atoms with Gasteiger partial charge in [0.1, 0.15) is 6.04 Å². The molecule has 7 nitrogen and oxygen atoms in total. The van der Waals surface area contributed by atoms with E-state index >= 15 is 0 Å². The summed E-state index contributed by atoms with van der Waals surface area (Å²) in [5.74, 6) is -1.91. The number of likely N-dealkylation sites (N-methyl/N-ethyl adjacent to an activating group) is 1. The van der Waals surface area contributed by atoms with Gasteiger partial charge < -0.3 is 19.8 Å². The Morgan fingerprint density at radius 2 is 1.80 bits per heavy atom. The van der Waals surface area contributed by atoms with Crippen LogP contribution < -0.4 is 4.90 Å².